The highest BCUT2D eigenvalue weighted by Crippen LogP contribution is 2.37. The van der Waals surface area contributed by atoms with Crippen molar-refractivity contribution in [1.82, 2.24) is 4.98 Å². The van der Waals surface area contributed by atoms with E-state index in [0.29, 0.717) is 28.1 Å². The molecule has 148 valence electrons. The summed E-state index contributed by atoms with van der Waals surface area (Å²) in [6.45, 7) is 1.78. The van der Waals surface area contributed by atoms with Crippen molar-refractivity contribution in [3.05, 3.63) is 59.7 Å². The Labute approximate surface area is 165 Å². The summed E-state index contributed by atoms with van der Waals surface area (Å²) < 4.78 is 46.2. The van der Waals surface area contributed by atoms with E-state index in [-0.39, 0.29) is 17.1 Å². The van der Waals surface area contributed by atoms with Gasteiger partial charge in [-0.25, -0.2) is 4.98 Å². The number of nitriles is 1. The summed E-state index contributed by atoms with van der Waals surface area (Å²) in [6.07, 6.45) is -4.78. The number of hydrogen-bond acceptors (Lipinski definition) is 5. The van der Waals surface area contributed by atoms with Crippen molar-refractivity contribution in [3.8, 4) is 40.0 Å². The van der Waals surface area contributed by atoms with Gasteiger partial charge in [0.2, 0.25) is 0 Å². The molecule has 0 unspecified atom stereocenters. The van der Waals surface area contributed by atoms with Gasteiger partial charge in [0.15, 0.2) is 0 Å². The van der Waals surface area contributed by atoms with Crippen LogP contribution in [0.5, 0.6) is 11.5 Å². The van der Waals surface area contributed by atoms with E-state index < -0.39 is 6.36 Å². The van der Waals surface area contributed by atoms with Gasteiger partial charge in [-0.3, -0.25) is 0 Å². The van der Waals surface area contributed by atoms with Crippen molar-refractivity contribution in [2.24, 2.45) is 0 Å². The first-order valence-corrected chi connectivity index (χ1v) is 8.44. The summed E-state index contributed by atoms with van der Waals surface area (Å²) >= 11 is 0. The van der Waals surface area contributed by atoms with E-state index >= 15 is 0 Å². The van der Waals surface area contributed by atoms with Crippen molar-refractivity contribution in [2.45, 2.75) is 13.3 Å². The second-order valence-electron chi connectivity index (χ2n) is 6.13. The lowest BCUT2D eigenvalue weighted by Gasteiger charge is -2.16. The molecule has 0 atom stereocenters. The molecule has 0 radical (unpaired) electrons. The van der Waals surface area contributed by atoms with Gasteiger partial charge >= 0.3 is 6.36 Å². The minimum Gasteiger partial charge on any atom is -0.497 e. The van der Waals surface area contributed by atoms with Crippen LogP contribution in [0, 0.1) is 18.3 Å². The monoisotopic (exact) mass is 399 g/mol. The number of anilines is 1. The molecule has 0 amide bonds. The van der Waals surface area contributed by atoms with E-state index in [1.165, 1.54) is 24.3 Å². The molecule has 8 heteroatoms. The summed E-state index contributed by atoms with van der Waals surface area (Å²) in [5, 5.41) is 9.56. The predicted molar refractivity (Wildman–Crippen MR) is 102 cm³/mol. The van der Waals surface area contributed by atoms with E-state index in [9.17, 15) is 18.4 Å². The third kappa shape index (κ3) is 4.24. The molecule has 0 spiro atoms. The van der Waals surface area contributed by atoms with Crippen molar-refractivity contribution in [3.63, 3.8) is 0 Å². The Morgan fingerprint density at radius 2 is 1.52 bits per heavy atom. The number of ether oxygens (including phenoxy) is 2. The number of aromatic nitrogens is 1. The van der Waals surface area contributed by atoms with Crippen LogP contribution in [0.25, 0.3) is 22.4 Å². The lowest BCUT2D eigenvalue weighted by Crippen LogP contribution is -2.16. The molecule has 2 aromatic carbocycles. The number of pyridine rings is 1. The summed E-state index contributed by atoms with van der Waals surface area (Å²) in [7, 11) is 1.56. The zero-order valence-electron chi connectivity index (χ0n) is 15.5. The second kappa shape index (κ2) is 7.72. The molecule has 29 heavy (non-hydrogen) atoms. The van der Waals surface area contributed by atoms with Crippen LogP contribution >= 0.6 is 0 Å². The average molecular weight is 399 g/mol. The molecular formula is C21H16F3N3O2. The predicted octanol–water partition coefficient (Wildman–Crippen LogP) is 5.09. The summed E-state index contributed by atoms with van der Waals surface area (Å²) in [5.74, 6) is 0.359. The quantitative estimate of drug-likeness (QED) is 0.661. The van der Waals surface area contributed by atoms with E-state index in [0.717, 1.165) is 5.56 Å². The first-order valence-electron chi connectivity index (χ1n) is 8.44. The molecule has 3 rings (SSSR count). The molecule has 2 N–H and O–H groups in total. The van der Waals surface area contributed by atoms with Crippen molar-refractivity contribution < 1.29 is 22.6 Å². The summed E-state index contributed by atoms with van der Waals surface area (Å²) in [4.78, 5) is 4.36. The third-order valence-electron chi connectivity index (χ3n) is 4.32. The first kappa shape index (κ1) is 20.0. The normalized spacial score (nSPS) is 11.0. The summed E-state index contributed by atoms with van der Waals surface area (Å²) in [5.41, 5.74) is 9.20. The Kier molecular flexibility index (Phi) is 5.33. The van der Waals surface area contributed by atoms with Crippen molar-refractivity contribution in [1.29, 1.82) is 5.26 Å². The van der Waals surface area contributed by atoms with E-state index in [2.05, 4.69) is 9.72 Å². The number of nitrogens with two attached hydrogens (primary N) is 1. The van der Waals surface area contributed by atoms with E-state index in [1.54, 1.807) is 26.2 Å². The van der Waals surface area contributed by atoms with Gasteiger partial charge in [-0.15, -0.1) is 13.2 Å². The van der Waals surface area contributed by atoms with Crippen LogP contribution < -0.4 is 15.2 Å². The van der Waals surface area contributed by atoms with Gasteiger partial charge in [0.1, 0.15) is 28.9 Å². The fourth-order valence-corrected chi connectivity index (χ4v) is 3.02. The van der Waals surface area contributed by atoms with Crippen LogP contribution in [0.15, 0.2) is 48.5 Å². The molecule has 0 aliphatic carbocycles. The van der Waals surface area contributed by atoms with Crippen LogP contribution in [0.2, 0.25) is 0 Å². The van der Waals surface area contributed by atoms with Crippen LogP contribution in [0.1, 0.15) is 11.1 Å². The Morgan fingerprint density at radius 1 is 0.966 bits per heavy atom. The Hall–Kier alpha value is -3.73. The van der Waals surface area contributed by atoms with Gasteiger partial charge in [0.25, 0.3) is 0 Å². The number of nitrogens with zero attached hydrogens (tertiary/aromatic N) is 2. The van der Waals surface area contributed by atoms with Crippen LogP contribution in [-0.2, 0) is 0 Å². The highest BCUT2D eigenvalue weighted by Gasteiger charge is 2.31. The molecule has 1 aromatic heterocycles. The zero-order valence-corrected chi connectivity index (χ0v) is 15.5. The number of hydrogen-bond donors (Lipinski definition) is 1. The van der Waals surface area contributed by atoms with Gasteiger partial charge in [0, 0.05) is 11.1 Å². The fourth-order valence-electron chi connectivity index (χ4n) is 3.02. The molecule has 0 aliphatic heterocycles. The average Bonchev–Trinajstić information content (AvgIpc) is 2.69. The Balaban J connectivity index is 2.12. The van der Waals surface area contributed by atoms with Crippen LogP contribution in [0.4, 0.5) is 19.0 Å². The first-order chi connectivity index (χ1) is 13.7. The minimum absolute atomic E-state index is 0.0366. The molecule has 0 saturated heterocycles. The van der Waals surface area contributed by atoms with E-state index in [1.807, 2.05) is 18.2 Å². The maximum Gasteiger partial charge on any atom is 0.573 e. The molecule has 5 nitrogen and oxygen atoms in total. The smallest absolute Gasteiger partial charge is 0.497 e. The van der Waals surface area contributed by atoms with Crippen molar-refractivity contribution in [2.75, 3.05) is 12.8 Å². The maximum atomic E-state index is 12.4. The summed E-state index contributed by atoms with van der Waals surface area (Å²) in [6, 6.07) is 14.5. The van der Waals surface area contributed by atoms with Crippen LogP contribution in [-0.4, -0.2) is 18.5 Å². The molecule has 3 aromatic rings. The molecule has 0 bridgehead atoms. The van der Waals surface area contributed by atoms with Gasteiger partial charge in [-0.2, -0.15) is 5.26 Å². The number of rotatable bonds is 4. The highest BCUT2D eigenvalue weighted by molar-refractivity contribution is 5.84. The maximum absolute atomic E-state index is 12.4. The Bertz CT molecular complexity index is 1070. The minimum atomic E-state index is -4.78. The number of nitrogen functional groups attached to an aromatic ring is 1. The molecule has 0 saturated carbocycles. The van der Waals surface area contributed by atoms with Crippen molar-refractivity contribution >= 4 is 5.82 Å². The molecule has 0 fully saturated rings. The number of halogens is 3. The van der Waals surface area contributed by atoms with Gasteiger partial charge in [-0.05, 0) is 54.4 Å². The standard InChI is InChI=1S/C21H16F3N3O2/c1-12-18(13-3-9-16(10-4-13)29-21(22,23)24)17(11-25)20(26)27-19(12)14-5-7-15(28-2)8-6-14/h3-10H,1-2H3,(H2,26,27). The van der Waals surface area contributed by atoms with Gasteiger partial charge in [0.05, 0.1) is 12.8 Å². The fraction of sp³-hybridized carbons (Fsp3) is 0.143. The highest BCUT2D eigenvalue weighted by atomic mass is 19.4. The number of benzene rings is 2. The van der Waals surface area contributed by atoms with E-state index in [4.69, 9.17) is 10.5 Å². The number of methoxy groups -OCH3 is 1. The molecular weight excluding hydrogens is 383 g/mol. The SMILES string of the molecule is COc1ccc(-c2nc(N)c(C#N)c(-c3ccc(OC(F)(F)F)cc3)c2C)cc1. The van der Waals surface area contributed by atoms with Gasteiger partial charge < -0.3 is 15.2 Å². The topological polar surface area (TPSA) is 81.2 Å². The zero-order chi connectivity index (χ0) is 21.2. The second-order valence-corrected chi connectivity index (χ2v) is 6.13. The lowest BCUT2D eigenvalue weighted by molar-refractivity contribution is -0.274. The number of alkyl halides is 3. The van der Waals surface area contributed by atoms with Crippen LogP contribution in [0.3, 0.4) is 0 Å². The lowest BCUT2D eigenvalue weighted by atomic mass is 9.93. The Morgan fingerprint density at radius 3 is 2.03 bits per heavy atom. The largest absolute Gasteiger partial charge is 0.573 e. The molecule has 0 aliphatic rings. The molecule has 1 heterocycles. The third-order valence-corrected chi connectivity index (χ3v) is 4.32. The van der Waals surface area contributed by atoms with Gasteiger partial charge in [-0.1, -0.05) is 12.1 Å².